The molecule has 1 aliphatic rings. The number of halogens is 1. The molecule has 1 aliphatic heterocycles. The Morgan fingerprint density at radius 3 is 2.85 bits per heavy atom. The van der Waals surface area contributed by atoms with Gasteiger partial charge in [-0.3, -0.25) is 0 Å². The molecule has 1 saturated heterocycles. The topological polar surface area (TPSA) is 105 Å². The fourth-order valence-corrected chi connectivity index (χ4v) is 3.83. The van der Waals surface area contributed by atoms with E-state index in [0.717, 1.165) is 0 Å². The molecule has 1 aromatic carbocycles. The first kappa shape index (κ1) is 14.7. The molecule has 0 radical (unpaired) electrons. The van der Waals surface area contributed by atoms with Crippen molar-refractivity contribution in [1.29, 1.82) is 0 Å². The second-order valence-electron chi connectivity index (χ2n) is 4.77. The molecule has 1 fully saturated rings. The van der Waals surface area contributed by atoms with Gasteiger partial charge in [-0.15, -0.1) is 0 Å². The summed E-state index contributed by atoms with van der Waals surface area (Å²) >= 11 is 0. The third-order valence-corrected chi connectivity index (χ3v) is 5.04. The highest BCUT2D eigenvalue weighted by Crippen LogP contribution is 2.14. The van der Waals surface area contributed by atoms with Crippen molar-refractivity contribution in [3.8, 4) is 0 Å². The van der Waals surface area contributed by atoms with E-state index in [1.54, 1.807) is 6.07 Å². The van der Waals surface area contributed by atoms with Gasteiger partial charge in [-0.1, -0.05) is 17.3 Å². The molecule has 4 N–H and O–H groups in total. The van der Waals surface area contributed by atoms with E-state index in [9.17, 15) is 12.8 Å². The fourth-order valence-electron chi connectivity index (χ4n) is 2.12. The number of hydrogen-bond donors (Lipinski definition) is 3. The van der Waals surface area contributed by atoms with E-state index in [1.807, 2.05) is 0 Å². The summed E-state index contributed by atoms with van der Waals surface area (Å²) < 4.78 is 36.4. The van der Waals surface area contributed by atoms with Gasteiger partial charge in [-0.05, 0) is 12.5 Å². The molecule has 0 spiro atoms. The standard InChI is InChI=1S/C12H16FN3O3S/c13-11-5-8(12(14)16-17)1-2-9(11)6-15-10-3-4-20(18,19)7-10/h1-2,5,10,15,17H,3-4,6-7H2,(H2,14,16). The number of nitrogens with zero attached hydrogens (tertiary/aromatic N) is 1. The largest absolute Gasteiger partial charge is 0.409 e. The van der Waals surface area contributed by atoms with Crippen LogP contribution in [0.2, 0.25) is 0 Å². The minimum atomic E-state index is -2.95. The molecule has 0 aromatic heterocycles. The first-order chi connectivity index (χ1) is 9.41. The van der Waals surface area contributed by atoms with Crippen LogP contribution in [0, 0.1) is 5.82 Å². The Bertz CT molecular complexity index is 631. The zero-order valence-electron chi connectivity index (χ0n) is 10.7. The maximum atomic E-state index is 13.8. The van der Waals surface area contributed by atoms with Crippen molar-refractivity contribution in [2.75, 3.05) is 11.5 Å². The summed E-state index contributed by atoms with van der Waals surface area (Å²) in [6.07, 6.45) is 0.548. The van der Waals surface area contributed by atoms with Gasteiger partial charge in [0.15, 0.2) is 15.7 Å². The molecule has 1 aromatic rings. The smallest absolute Gasteiger partial charge is 0.170 e. The monoisotopic (exact) mass is 301 g/mol. The van der Waals surface area contributed by atoms with E-state index in [0.29, 0.717) is 12.0 Å². The molecule has 0 bridgehead atoms. The molecule has 1 atom stereocenters. The maximum absolute atomic E-state index is 13.8. The van der Waals surface area contributed by atoms with Crippen LogP contribution < -0.4 is 11.1 Å². The van der Waals surface area contributed by atoms with Gasteiger partial charge in [-0.2, -0.15) is 0 Å². The Labute approximate surface area is 116 Å². The van der Waals surface area contributed by atoms with Crippen molar-refractivity contribution in [1.82, 2.24) is 5.32 Å². The summed E-state index contributed by atoms with van der Waals surface area (Å²) in [6.45, 7) is 0.239. The Morgan fingerprint density at radius 2 is 2.30 bits per heavy atom. The third kappa shape index (κ3) is 3.45. The quantitative estimate of drug-likeness (QED) is 0.319. The number of sulfone groups is 1. The molecular weight excluding hydrogens is 285 g/mol. The Kier molecular flexibility index (Phi) is 4.24. The van der Waals surface area contributed by atoms with Crippen LogP contribution >= 0.6 is 0 Å². The maximum Gasteiger partial charge on any atom is 0.170 e. The van der Waals surface area contributed by atoms with Crippen molar-refractivity contribution in [2.45, 2.75) is 19.0 Å². The predicted molar refractivity (Wildman–Crippen MR) is 72.8 cm³/mol. The van der Waals surface area contributed by atoms with E-state index in [-0.39, 0.29) is 35.5 Å². The summed E-state index contributed by atoms with van der Waals surface area (Å²) in [5, 5.41) is 14.3. The van der Waals surface area contributed by atoms with Crippen LogP contribution in [0.25, 0.3) is 0 Å². The SMILES string of the molecule is NC(=NO)c1ccc(CNC2CCS(=O)(=O)C2)c(F)c1. The Morgan fingerprint density at radius 1 is 1.55 bits per heavy atom. The average Bonchev–Trinajstić information content (AvgIpc) is 2.76. The number of oxime groups is 1. The van der Waals surface area contributed by atoms with Gasteiger partial charge in [0, 0.05) is 23.7 Å². The van der Waals surface area contributed by atoms with Crippen LogP contribution in [-0.4, -0.2) is 37.0 Å². The molecule has 0 amide bonds. The third-order valence-electron chi connectivity index (χ3n) is 3.27. The molecule has 20 heavy (non-hydrogen) atoms. The molecule has 2 rings (SSSR count). The average molecular weight is 301 g/mol. The lowest BCUT2D eigenvalue weighted by molar-refractivity contribution is 0.318. The zero-order valence-corrected chi connectivity index (χ0v) is 11.5. The number of nitrogens with two attached hydrogens (primary N) is 1. The van der Waals surface area contributed by atoms with Gasteiger partial charge in [-0.25, -0.2) is 12.8 Å². The summed E-state index contributed by atoms with van der Waals surface area (Å²) in [5.41, 5.74) is 6.06. The zero-order chi connectivity index (χ0) is 14.8. The molecule has 1 unspecified atom stereocenters. The second kappa shape index (κ2) is 5.76. The predicted octanol–water partition coefficient (Wildman–Crippen LogP) is 0.197. The number of hydrogen-bond acceptors (Lipinski definition) is 5. The van der Waals surface area contributed by atoms with Crippen LogP contribution in [0.3, 0.4) is 0 Å². The van der Waals surface area contributed by atoms with E-state index >= 15 is 0 Å². The highest BCUT2D eigenvalue weighted by atomic mass is 32.2. The van der Waals surface area contributed by atoms with Gasteiger partial charge < -0.3 is 16.3 Å². The minimum Gasteiger partial charge on any atom is -0.409 e. The molecule has 1 heterocycles. The molecule has 8 heteroatoms. The minimum absolute atomic E-state index is 0.0941. The lowest BCUT2D eigenvalue weighted by atomic mass is 10.1. The second-order valence-corrected chi connectivity index (χ2v) is 7.00. The van der Waals surface area contributed by atoms with E-state index in [4.69, 9.17) is 10.9 Å². The fraction of sp³-hybridized carbons (Fsp3) is 0.417. The van der Waals surface area contributed by atoms with Gasteiger partial charge in [0.05, 0.1) is 11.5 Å². The van der Waals surface area contributed by atoms with Gasteiger partial charge in [0.25, 0.3) is 0 Å². The molecule has 6 nitrogen and oxygen atoms in total. The van der Waals surface area contributed by atoms with E-state index < -0.39 is 15.7 Å². The van der Waals surface area contributed by atoms with Crippen LogP contribution in [0.4, 0.5) is 4.39 Å². The Hall–Kier alpha value is -1.67. The van der Waals surface area contributed by atoms with Gasteiger partial charge in [0.1, 0.15) is 5.82 Å². The Balaban J connectivity index is 2.00. The van der Waals surface area contributed by atoms with Crippen LogP contribution in [0.1, 0.15) is 17.5 Å². The molecular formula is C12H16FN3O3S. The highest BCUT2D eigenvalue weighted by molar-refractivity contribution is 7.91. The summed E-state index contributed by atoms with van der Waals surface area (Å²) in [5.74, 6) is -0.375. The van der Waals surface area contributed by atoms with E-state index in [1.165, 1.54) is 12.1 Å². The normalized spacial score (nSPS) is 22.1. The lowest BCUT2D eigenvalue weighted by Gasteiger charge is -2.11. The van der Waals surface area contributed by atoms with Crippen molar-refractivity contribution < 1.29 is 18.0 Å². The van der Waals surface area contributed by atoms with Crippen molar-refractivity contribution in [3.05, 3.63) is 35.1 Å². The molecule has 0 aliphatic carbocycles. The number of benzene rings is 1. The number of rotatable bonds is 4. The summed E-state index contributed by atoms with van der Waals surface area (Å²) in [4.78, 5) is 0. The van der Waals surface area contributed by atoms with Crippen molar-refractivity contribution in [3.63, 3.8) is 0 Å². The van der Waals surface area contributed by atoms with Crippen molar-refractivity contribution in [2.24, 2.45) is 10.9 Å². The summed E-state index contributed by atoms with van der Waals surface area (Å²) in [6, 6.07) is 4.11. The molecule has 0 saturated carbocycles. The first-order valence-corrected chi connectivity index (χ1v) is 7.93. The van der Waals surface area contributed by atoms with Crippen molar-refractivity contribution >= 4 is 15.7 Å². The van der Waals surface area contributed by atoms with Crippen LogP contribution in [0.5, 0.6) is 0 Å². The first-order valence-electron chi connectivity index (χ1n) is 6.11. The van der Waals surface area contributed by atoms with Crippen LogP contribution in [0.15, 0.2) is 23.4 Å². The highest BCUT2D eigenvalue weighted by Gasteiger charge is 2.27. The summed E-state index contributed by atoms with van der Waals surface area (Å²) in [7, 11) is -2.95. The lowest BCUT2D eigenvalue weighted by Crippen LogP contribution is -2.29. The number of amidine groups is 1. The van der Waals surface area contributed by atoms with Gasteiger partial charge >= 0.3 is 0 Å². The number of nitrogens with one attached hydrogen (secondary N) is 1. The molecule has 110 valence electrons. The van der Waals surface area contributed by atoms with E-state index in [2.05, 4.69) is 10.5 Å². The van der Waals surface area contributed by atoms with Gasteiger partial charge in [0.2, 0.25) is 0 Å². The van der Waals surface area contributed by atoms with Crippen LogP contribution in [-0.2, 0) is 16.4 Å².